The van der Waals surface area contributed by atoms with E-state index < -0.39 is 17.9 Å². The molecular weight excluding hydrogens is 337 g/mol. The minimum absolute atomic E-state index is 0.282. The van der Waals surface area contributed by atoms with E-state index in [0.717, 1.165) is 5.56 Å². The number of hydrogen-bond donors (Lipinski definition) is 1. The predicted molar refractivity (Wildman–Crippen MR) is 89.9 cm³/mol. The van der Waals surface area contributed by atoms with E-state index in [4.69, 9.17) is 27.9 Å². The Kier molecular flexibility index (Phi) is 6.02. The van der Waals surface area contributed by atoms with E-state index in [-0.39, 0.29) is 5.56 Å². The van der Waals surface area contributed by atoms with Crippen LogP contribution in [0.15, 0.2) is 48.5 Å². The van der Waals surface area contributed by atoms with Crippen molar-refractivity contribution < 1.29 is 14.3 Å². The summed E-state index contributed by atoms with van der Waals surface area (Å²) in [5.74, 6) is -0.962. The first-order valence-corrected chi connectivity index (χ1v) is 7.64. The third-order valence-corrected chi connectivity index (χ3v) is 3.63. The van der Waals surface area contributed by atoms with Crippen molar-refractivity contribution in [2.45, 2.75) is 12.5 Å². The smallest absolute Gasteiger partial charge is 0.328 e. The van der Waals surface area contributed by atoms with E-state index in [1.54, 1.807) is 0 Å². The van der Waals surface area contributed by atoms with Crippen LogP contribution in [0.25, 0.3) is 0 Å². The molecule has 0 saturated carbocycles. The van der Waals surface area contributed by atoms with E-state index >= 15 is 0 Å². The summed E-state index contributed by atoms with van der Waals surface area (Å²) in [4.78, 5) is 24.3. The normalized spacial score (nSPS) is 11.6. The second kappa shape index (κ2) is 7.99. The molecule has 1 amide bonds. The molecule has 0 aromatic heterocycles. The predicted octanol–water partition coefficient (Wildman–Crippen LogP) is 3.51. The summed E-state index contributed by atoms with van der Waals surface area (Å²) in [5.41, 5.74) is 1.19. The van der Waals surface area contributed by atoms with Crippen LogP contribution in [0.2, 0.25) is 10.0 Å². The quantitative estimate of drug-likeness (QED) is 0.838. The first kappa shape index (κ1) is 17.3. The number of rotatable bonds is 5. The average molecular weight is 352 g/mol. The first-order valence-electron chi connectivity index (χ1n) is 6.88. The van der Waals surface area contributed by atoms with Crippen molar-refractivity contribution in [1.29, 1.82) is 0 Å². The van der Waals surface area contributed by atoms with E-state index in [1.807, 2.05) is 30.3 Å². The molecule has 0 spiro atoms. The largest absolute Gasteiger partial charge is 0.467 e. The summed E-state index contributed by atoms with van der Waals surface area (Å²) in [5, 5.41) is 3.35. The van der Waals surface area contributed by atoms with Gasteiger partial charge in [-0.3, -0.25) is 4.79 Å². The Bertz CT molecular complexity index is 684. The third-order valence-electron chi connectivity index (χ3n) is 3.20. The van der Waals surface area contributed by atoms with E-state index in [1.165, 1.54) is 25.3 Å². The maximum Gasteiger partial charge on any atom is 0.328 e. The fourth-order valence-corrected chi connectivity index (χ4v) is 2.64. The van der Waals surface area contributed by atoms with Gasteiger partial charge in [-0.05, 0) is 23.8 Å². The van der Waals surface area contributed by atoms with Crippen molar-refractivity contribution in [2.24, 2.45) is 0 Å². The zero-order valence-electron chi connectivity index (χ0n) is 12.4. The summed E-state index contributed by atoms with van der Waals surface area (Å²) in [6.45, 7) is 0. The molecule has 1 N–H and O–H groups in total. The highest BCUT2D eigenvalue weighted by Gasteiger charge is 2.22. The van der Waals surface area contributed by atoms with E-state index in [2.05, 4.69) is 5.32 Å². The highest BCUT2D eigenvalue weighted by Crippen LogP contribution is 2.19. The molecule has 2 aromatic carbocycles. The number of esters is 1. The van der Waals surface area contributed by atoms with Gasteiger partial charge in [0.05, 0.1) is 7.11 Å². The molecule has 1 atom stereocenters. The molecule has 0 bridgehead atoms. The number of carbonyl (C=O) groups excluding carboxylic acids is 2. The summed E-state index contributed by atoms with van der Waals surface area (Å²) in [6, 6.07) is 13.1. The van der Waals surface area contributed by atoms with Crippen LogP contribution in [0, 0.1) is 0 Å². The molecule has 2 rings (SSSR count). The van der Waals surface area contributed by atoms with Gasteiger partial charge in [0, 0.05) is 22.0 Å². The lowest BCUT2D eigenvalue weighted by Crippen LogP contribution is -2.43. The van der Waals surface area contributed by atoms with Crippen LogP contribution < -0.4 is 5.32 Å². The van der Waals surface area contributed by atoms with Gasteiger partial charge in [-0.25, -0.2) is 4.79 Å². The number of amides is 1. The molecule has 0 aliphatic carbocycles. The van der Waals surface area contributed by atoms with Crippen LogP contribution in [0.4, 0.5) is 0 Å². The second-order valence-corrected chi connectivity index (χ2v) is 5.77. The minimum Gasteiger partial charge on any atom is -0.467 e. The number of carbonyl (C=O) groups is 2. The fraction of sp³-hybridized carbons (Fsp3) is 0.176. The molecule has 0 heterocycles. The van der Waals surface area contributed by atoms with Crippen molar-refractivity contribution in [1.82, 2.24) is 5.32 Å². The molecule has 0 aliphatic heterocycles. The van der Waals surface area contributed by atoms with Crippen LogP contribution in [-0.4, -0.2) is 25.0 Å². The number of ether oxygens (including phenoxy) is 1. The van der Waals surface area contributed by atoms with Gasteiger partial charge in [-0.1, -0.05) is 53.5 Å². The van der Waals surface area contributed by atoms with Crippen molar-refractivity contribution in [2.75, 3.05) is 7.11 Å². The Morgan fingerprint density at radius 2 is 1.70 bits per heavy atom. The van der Waals surface area contributed by atoms with Gasteiger partial charge in [0.1, 0.15) is 6.04 Å². The summed E-state index contributed by atoms with van der Waals surface area (Å²) in [6.07, 6.45) is 0.327. The van der Waals surface area contributed by atoms with Crippen molar-refractivity contribution in [3.8, 4) is 0 Å². The fourth-order valence-electron chi connectivity index (χ4n) is 2.11. The van der Waals surface area contributed by atoms with Crippen LogP contribution in [0.3, 0.4) is 0 Å². The lowest BCUT2D eigenvalue weighted by molar-refractivity contribution is -0.142. The Morgan fingerprint density at radius 1 is 1.09 bits per heavy atom. The summed E-state index contributed by atoms with van der Waals surface area (Å²) >= 11 is 11.8. The summed E-state index contributed by atoms with van der Waals surface area (Å²) in [7, 11) is 1.28. The number of methoxy groups -OCH3 is 1. The highest BCUT2D eigenvalue weighted by atomic mass is 35.5. The molecule has 2 aromatic rings. The number of halogens is 2. The maximum absolute atomic E-state index is 12.3. The molecule has 0 aliphatic rings. The number of nitrogens with one attached hydrogen (secondary N) is 1. The average Bonchev–Trinajstić information content (AvgIpc) is 2.53. The molecular formula is C17H15Cl2NO3. The molecule has 0 saturated heterocycles. The Morgan fingerprint density at radius 3 is 2.26 bits per heavy atom. The topological polar surface area (TPSA) is 55.4 Å². The van der Waals surface area contributed by atoms with Gasteiger partial charge in [-0.2, -0.15) is 0 Å². The van der Waals surface area contributed by atoms with Crippen LogP contribution in [0.5, 0.6) is 0 Å². The second-order valence-electron chi connectivity index (χ2n) is 4.90. The van der Waals surface area contributed by atoms with Crippen molar-refractivity contribution in [3.63, 3.8) is 0 Å². The third kappa shape index (κ3) is 4.98. The van der Waals surface area contributed by atoms with Crippen molar-refractivity contribution in [3.05, 3.63) is 69.7 Å². The van der Waals surface area contributed by atoms with Crippen LogP contribution >= 0.6 is 23.2 Å². The Hall–Kier alpha value is -2.04. The van der Waals surface area contributed by atoms with Gasteiger partial charge < -0.3 is 10.1 Å². The minimum atomic E-state index is -0.798. The lowest BCUT2D eigenvalue weighted by atomic mass is 10.1. The number of hydrogen-bond acceptors (Lipinski definition) is 3. The SMILES string of the molecule is COC(=O)C(Cc1ccccc1)NC(=O)c1cc(Cl)cc(Cl)c1. The highest BCUT2D eigenvalue weighted by molar-refractivity contribution is 6.35. The standard InChI is InChI=1S/C17H15Cl2NO3/c1-23-17(22)15(7-11-5-3-2-4-6-11)20-16(21)12-8-13(18)10-14(19)9-12/h2-6,8-10,15H,7H2,1H3,(H,20,21). The molecule has 23 heavy (non-hydrogen) atoms. The van der Waals surface area contributed by atoms with E-state index in [9.17, 15) is 9.59 Å². The molecule has 6 heteroatoms. The molecule has 1 unspecified atom stereocenters. The Labute approximate surface area is 144 Å². The monoisotopic (exact) mass is 351 g/mol. The van der Waals surface area contributed by atoms with Crippen LogP contribution in [-0.2, 0) is 16.0 Å². The molecule has 0 fully saturated rings. The molecule has 120 valence electrons. The molecule has 4 nitrogen and oxygen atoms in total. The van der Waals surface area contributed by atoms with Gasteiger partial charge >= 0.3 is 5.97 Å². The summed E-state index contributed by atoms with van der Waals surface area (Å²) < 4.78 is 4.76. The Balaban J connectivity index is 2.17. The van der Waals surface area contributed by atoms with Gasteiger partial charge in [-0.15, -0.1) is 0 Å². The van der Waals surface area contributed by atoms with Gasteiger partial charge in [0.15, 0.2) is 0 Å². The first-order chi connectivity index (χ1) is 11.0. The van der Waals surface area contributed by atoms with E-state index in [0.29, 0.717) is 16.5 Å². The van der Waals surface area contributed by atoms with Gasteiger partial charge in [0.25, 0.3) is 5.91 Å². The van der Waals surface area contributed by atoms with Crippen molar-refractivity contribution >= 4 is 35.1 Å². The lowest BCUT2D eigenvalue weighted by Gasteiger charge is -2.17. The van der Waals surface area contributed by atoms with Crippen LogP contribution in [0.1, 0.15) is 15.9 Å². The zero-order valence-corrected chi connectivity index (χ0v) is 13.9. The molecule has 0 radical (unpaired) electrons. The zero-order chi connectivity index (χ0) is 16.8. The van der Waals surface area contributed by atoms with Gasteiger partial charge in [0.2, 0.25) is 0 Å². The maximum atomic E-state index is 12.3. The number of benzene rings is 2.